The number of likely N-dealkylation sites (tertiary alicyclic amines) is 1. The van der Waals surface area contributed by atoms with Crippen LogP contribution in [0.5, 0.6) is 0 Å². The lowest BCUT2D eigenvalue weighted by atomic mass is 9.84. The van der Waals surface area contributed by atoms with Crippen LogP contribution in [-0.4, -0.2) is 157 Å². The number of methoxy groups -OCH3 is 1. The molecule has 0 aliphatic carbocycles. The fraction of sp³-hybridized carbons (Fsp3) is 0.549. The summed E-state index contributed by atoms with van der Waals surface area (Å²) in [5.41, 5.74) is 9.11. The van der Waals surface area contributed by atoms with Gasteiger partial charge < -0.3 is 38.8 Å². The number of rotatable bonds is 9. The zero-order valence-electron chi connectivity index (χ0n) is 41.6. The van der Waals surface area contributed by atoms with Gasteiger partial charge in [-0.3, -0.25) is 29.2 Å². The highest BCUT2D eigenvalue weighted by Gasteiger charge is 2.45. The molecule has 2 N–H and O–H groups in total. The maximum Gasteiger partial charge on any atom is 0.323 e. The molecule has 3 saturated heterocycles. The standard InChI is InChI=1S/C51H66N9O8SSi/c1-10-42(61)59-22-23-67-40-17-21-57(27-39(40)59)49(65)56(8)44(30(3)4)46(62)54-36-25-41-53-37(28-69-41)32-15-16-38-34(24-32)35(45(58(38)11-2)33-14-12-19-52-43(33)31(5)66-9)26-50(6,7)29-68-48(64)51(70)18-13-20-60(55-51)47(36)63/h10,12,14-16,19,24,28,30-31,36,39-40,44,55H,1,11,13,17-18,20-23,25-27,29H2,2-9H3,(H,54,62)/t31-,36-,39-,40+,44-,51-/m0/s1. The molecular formula is C51H66N9O8SSi. The minimum absolute atomic E-state index is 0.0386. The number of carbonyl (C=O) groups excluding carboxylic acids is 5. The molecule has 4 aliphatic heterocycles. The number of esters is 1. The van der Waals surface area contributed by atoms with Crippen LogP contribution in [0.25, 0.3) is 33.4 Å². The van der Waals surface area contributed by atoms with Crippen molar-refractivity contribution in [1.29, 1.82) is 0 Å². The number of hydrazine groups is 1. The summed E-state index contributed by atoms with van der Waals surface area (Å²) in [6.07, 6.45) is 4.49. The van der Waals surface area contributed by atoms with Crippen molar-refractivity contribution in [1.82, 2.24) is 45.0 Å². The molecular weight excluding hydrogens is 927 g/mol. The largest absolute Gasteiger partial charge is 0.464 e. The summed E-state index contributed by atoms with van der Waals surface area (Å²) in [6, 6.07) is 7.53. The summed E-state index contributed by atoms with van der Waals surface area (Å²) in [5.74, 6) is -2.13. The minimum Gasteiger partial charge on any atom is -0.464 e. The van der Waals surface area contributed by atoms with E-state index in [4.69, 9.17) is 24.2 Å². The van der Waals surface area contributed by atoms with Crippen LogP contribution in [-0.2, 0) is 52.8 Å². The molecule has 3 radical (unpaired) electrons. The zero-order chi connectivity index (χ0) is 50.2. The number of cyclic esters (lactones) is 1. The van der Waals surface area contributed by atoms with Crippen LogP contribution in [0, 0.1) is 11.3 Å². The Morgan fingerprint density at radius 2 is 1.94 bits per heavy atom. The first-order valence-corrected chi connectivity index (χ1v) is 25.7. The predicted molar refractivity (Wildman–Crippen MR) is 267 cm³/mol. The number of amides is 5. The maximum absolute atomic E-state index is 14.8. The number of piperidine rings is 1. The smallest absolute Gasteiger partial charge is 0.323 e. The van der Waals surface area contributed by atoms with Crippen LogP contribution in [0.1, 0.15) is 83.2 Å². The highest BCUT2D eigenvalue weighted by atomic mass is 32.1. The lowest BCUT2D eigenvalue weighted by Crippen LogP contribution is -2.68. The van der Waals surface area contributed by atoms with Crippen molar-refractivity contribution >= 4 is 62.2 Å². The van der Waals surface area contributed by atoms with Crippen molar-refractivity contribution in [2.24, 2.45) is 11.3 Å². The van der Waals surface area contributed by atoms with Gasteiger partial charge in [0, 0.05) is 92.3 Å². The number of urea groups is 1. The quantitative estimate of drug-likeness (QED) is 0.127. The summed E-state index contributed by atoms with van der Waals surface area (Å²) < 4.78 is 20.3. The highest BCUT2D eigenvalue weighted by molar-refractivity contribution is 7.10. The number of morpholine rings is 1. The number of thiazole rings is 1. The van der Waals surface area contributed by atoms with Gasteiger partial charge in [0.25, 0.3) is 5.91 Å². The van der Waals surface area contributed by atoms with E-state index >= 15 is 0 Å². The number of carbonyl (C=O) groups is 5. The SMILES string of the molecule is C=CC(=O)N1CCO[C@@H]2CCN(C(=O)N(C)[C@H](C(=O)N[C@H]3Cc4nc(cs4)-c4ccc5c(c4)c(c(-c4cccnc4[C@H](C)OC)n5CC)CC(C)(C)COC(=O)[C@@]4([Si])CCCN(N4)C3=O)C(C)C)C[C@@H]21. The Hall–Kier alpha value is -5.47. The molecule has 3 aromatic heterocycles. The molecule has 3 fully saturated rings. The number of fused-ring (bicyclic) bond motifs is 7. The van der Waals surface area contributed by atoms with Crippen LogP contribution >= 0.6 is 11.3 Å². The van der Waals surface area contributed by atoms with E-state index in [2.05, 4.69) is 77.2 Å². The van der Waals surface area contributed by atoms with Gasteiger partial charge >= 0.3 is 12.0 Å². The van der Waals surface area contributed by atoms with Gasteiger partial charge in [0.15, 0.2) is 0 Å². The van der Waals surface area contributed by atoms with Crippen LogP contribution in [0.15, 0.2) is 54.6 Å². The first kappa shape index (κ1) is 50.9. The molecule has 7 heterocycles. The molecule has 0 unspecified atom stereocenters. The summed E-state index contributed by atoms with van der Waals surface area (Å²) in [6.45, 7) is 18.1. The molecule has 0 spiro atoms. The van der Waals surface area contributed by atoms with Crippen molar-refractivity contribution in [2.75, 3.05) is 53.6 Å². The predicted octanol–water partition coefficient (Wildman–Crippen LogP) is 5.26. The maximum atomic E-state index is 14.8. The number of pyridine rings is 1. The molecule has 6 bridgehead atoms. The fourth-order valence-electron chi connectivity index (χ4n) is 10.6. The second-order valence-electron chi connectivity index (χ2n) is 20.1. The number of nitrogens with one attached hydrogen (secondary N) is 2. The third-order valence-corrected chi connectivity index (χ3v) is 15.6. The second kappa shape index (κ2) is 20.7. The normalized spacial score (nSPS) is 23.8. The molecule has 70 heavy (non-hydrogen) atoms. The van der Waals surface area contributed by atoms with E-state index in [1.54, 1.807) is 30.2 Å². The van der Waals surface area contributed by atoms with Crippen LogP contribution in [0.2, 0.25) is 0 Å². The highest BCUT2D eigenvalue weighted by Crippen LogP contribution is 2.42. The molecule has 17 nitrogen and oxygen atoms in total. The lowest BCUT2D eigenvalue weighted by molar-refractivity contribution is -0.158. The molecule has 6 atom stereocenters. The molecule has 5 amide bonds. The number of ether oxygens (including phenoxy) is 3. The molecule has 4 aliphatic rings. The number of hydrogen-bond donors (Lipinski definition) is 2. The topological polar surface area (TPSA) is 181 Å². The van der Waals surface area contributed by atoms with E-state index in [9.17, 15) is 24.0 Å². The average molecular weight is 993 g/mol. The van der Waals surface area contributed by atoms with E-state index in [-0.39, 0.29) is 62.2 Å². The van der Waals surface area contributed by atoms with Crippen LogP contribution in [0.4, 0.5) is 4.79 Å². The number of nitrogens with zero attached hydrogens (tertiary/aromatic N) is 7. The van der Waals surface area contributed by atoms with Gasteiger partial charge in [0.05, 0.1) is 63.8 Å². The van der Waals surface area contributed by atoms with E-state index in [0.717, 1.165) is 44.7 Å². The van der Waals surface area contributed by atoms with Gasteiger partial charge in [-0.2, -0.15) is 0 Å². The number of aromatic nitrogens is 3. The Morgan fingerprint density at radius 1 is 1.16 bits per heavy atom. The van der Waals surface area contributed by atoms with E-state index in [0.29, 0.717) is 56.9 Å². The second-order valence-corrected chi connectivity index (χ2v) is 21.9. The van der Waals surface area contributed by atoms with Crippen molar-refractivity contribution in [3.05, 3.63) is 70.8 Å². The van der Waals surface area contributed by atoms with Gasteiger partial charge in [-0.15, -0.1) is 11.3 Å². The first-order valence-electron chi connectivity index (χ1n) is 24.3. The van der Waals surface area contributed by atoms with Crippen LogP contribution < -0.4 is 10.7 Å². The monoisotopic (exact) mass is 992 g/mol. The Labute approximate surface area is 417 Å². The lowest BCUT2D eigenvalue weighted by Gasteiger charge is -2.47. The van der Waals surface area contributed by atoms with Crippen molar-refractivity contribution in [3.63, 3.8) is 0 Å². The Bertz CT molecular complexity index is 2650. The summed E-state index contributed by atoms with van der Waals surface area (Å²) >= 11 is 1.39. The van der Waals surface area contributed by atoms with Crippen molar-refractivity contribution in [2.45, 2.75) is 116 Å². The number of benzene rings is 1. The van der Waals surface area contributed by atoms with Gasteiger partial charge in [-0.05, 0) is 81.4 Å². The number of aryl methyl sites for hydroxylation is 1. The van der Waals surface area contributed by atoms with E-state index < -0.39 is 40.4 Å². The summed E-state index contributed by atoms with van der Waals surface area (Å²) in [7, 11) is 7.00. The van der Waals surface area contributed by atoms with Gasteiger partial charge in [0.2, 0.25) is 11.8 Å². The Morgan fingerprint density at radius 3 is 2.67 bits per heavy atom. The molecule has 1 aromatic carbocycles. The van der Waals surface area contributed by atoms with E-state index in [1.807, 2.05) is 32.2 Å². The molecule has 8 rings (SSSR count). The molecule has 373 valence electrons. The summed E-state index contributed by atoms with van der Waals surface area (Å²) in [5, 5.41) is 6.59. The molecule has 4 aromatic rings. The van der Waals surface area contributed by atoms with Crippen molar-refractivity contribution < 1.29 is 38.2 Å². The van der Waals surface area contributed by atoms with Gasteiger partial charge in [-0.1, -0.05) is 40.3 Å². The van der Waals surface area contributed by atoms with E-state index in [1.165, 1.54) is 27.3 Å². The van der Waals surface area contributed by atoms with Gasteiger partial charge in [0.1, 0.15) is 17.2 Å². The Kier molecular flexibility index (Phi) is 15.1. The zero-order valence-corrected chi connectivity index (χ0v) is 43.4. The molecule has 19 heteroatoms. The number of likely N-dealkylation sites (N-methyl/N-ethyl adjacent to an activating group) is 1. The number of hydrogen-bond acceptors (Lipinski definition) is 12. The first-order chi connectivity index (χ1) is 33.4. The molecule has 0 saturated carbocycles. The fourth-order valence-corrected chi connectivity index (χ4v) is 11.8. The third kappa shape index (κ3) is 10.0. The minimum atomic E-state index is -1.44. The Balaban J connectivity index is 1.15. The average Bonchev–Trinajstić information content (AvgIpc) is 3.95. The third-order valence-electron chi connectivity index (χ3n) is 14.2. The van der Waals surface area contributed by atoms with Crippen molar-refractivity contribution in [3.8, 4) is 22.5 Å². The van der Waals surface area contributed by atoms with Gasteiger partial charge in [-0.25, -0.2) is 15.2 Å². The summed E-state index contributed by atoms with van der Waals surface area (Å²) in [4.78, 5) is 85.6. The van der Waals surface area contributed by atoms with Crippen LogP contribution in [0.3, 0.4) is 0 Å².